The number of carbonyl (C=O) groups is 2. The lowest BCUT2D eigenvalue weighted by atomic mass is 9.82. The summed E-state index contributed by atoms with van der Waals surface area (Å²) in [5.74, 6) is -1.32. The van der Waals surface area contributed by atoms with Crippen molar-refractivity contribution in [2.24, 2.45) is 11.8 Å². The van der Waals surface area contributed by atoms with Crippen LogP contribution in [0.3, 0.4) is 0 Å². The molecule has 0 unspecified atom stereocenters. The van der Waals surface area contributed by atoms with Crippen molar-refractivity contribution in [1.82, 2.24) is 10.0 Å². The molecule has 0 bridgehead atoms. The summed E-state index contributed by atoms with van der Waals surface area (Å²) in [4.78, 5) is 26.6. The summed E-state index contributed by atoms with van der Waals surface area (Å²) < 4.78 is 20.4. The molecule has 184 valence electrons. The van der Waals surface area contributed by atoms with Crippen LogP contribution in [0.1, 0.15) is 49.3 Å². The van der Waals surface area contributed by atoms with E-state index >= 15 is 0 Å². The van der Waals surface area contributed by atoms with Gasteiger partial charge in [-0.05, 0) is 55.0 Å². The zero-order valence-electron chi connectivity index (χ0n) is 19.6. The number of hydrogen-bond acceptors (Lipinski definition) is 5. The lowest BCUT2D eigenvalue weighted by Crippen LogP contribution is -2.62. The van der Waals surface area contributed by atoms with Crippen LogP contribution in [0.15, 0.2) is 48.5 Å². The number of nitrogens with zero attached hydrogens (tertiary/aromatic N) is 3. The van der Waals surface area contributed by atoms with Gasteiger partial charge in [0.1, 0.15) is 12.4 Å². The normalized spacial score (nSPS) is 26.2. The van der Waals surface area contributed by atoms with Crippen molar-refractivity contribution in [1.29, 1.82) is 0 Å². The van der Waals surface area contributed by atoms with Crippen LogP contribution >= 0.6 is 0 Å². The number of halogens is 1. The molecule has 0 spiro atoms. The van der Waals surface area contributed by atoms with Gasteiger partial charge in [0.15, 0.2) is 0 Å². The van der Waals surface area contributed by atoms with Crippen LogP contribution in [0.4, 0.5) is 14.9 Å². The molecule has 2 aromatic carbocycles. The fourth-order valence-corrected chi connectivity index (χ4v) is 6.18. The van der Waals surface area contributed by atoms with Crippen LogP contribution < -0.4 is 4.90 Å². The van der Waals surface area contributed by atoms with E-state index < -0.39 is 12.1 Å². The second-order valence-corrected chi connectivity index (χ2v) is 10.2. The van der Waals surface area contributed by atoms with Gasteiger partial charge in [0.25, 0.3) is 0 Å². The van der Waals surface area contributed by atoms with E-state index in [1.165, 1.54) is 6.07 Å². The first-order valence-corrected chi connectivity index (χ1v) is 12.6. The highest BCUT2D eigenvalue weighted by atomic mass is 19.1. The molecule has 0 aromatic heterocycles. The Kier molecular flexibility index (Phi) is 5.73. The van der Waals surface area contributed by atoms with Crippen LogP contribution in [-0.4, -0.2) is 52.4 Å². The van der Waals surface area contributed by atoms with Gasteiger partial charge in [0, 0.05) is 31.1 Å². The number of aliphatic carboxylic acids is 1. The maximum absolute atomic E-state index is 14.6. The molecule has 6 rings (SSSR count). The first-order valence-electron chi connectivity index (χ1n) is 12.6. The number of amides is 1. The van der Waals surface area contributed by atoms with E-state index in [0.717, 1.165) is 43.2 Å². The molecule has 8 heteroatoms. The summed E-state index contributed by atoms with van der Waals surface area (Å²) >= 11 is 0. The molecule has 35 heavy (non-hydrogen) atoms. The summed E-state index contributed by atoms with van der Waals surface area (Å²) in [6.07, 6.45) is 4.50. The van der Waals surface area contributed by atoms with Gasteiger partial charge >= 0.3 is 12.1 Å². The van der Waals surface area contributed by atoms with E-state index in [2.05, 4.69) is 10.0 Å². The molecule has 4 aliphatic rings. The van der Waals surface area contributed by atoms with Crippen LogP contribution in [0.25, 0.3) is 0 Å². The second kappa shape index (κ2) is 8.91. The number of anilines is 1. The molecule has 2 aromatic rings. The monoisotopic (exact) mass is 479 g/mol. The van der Waals surface area contributed by atoms with Crippen molar-refractivity contribution in [3.63, 3.8) is 0 Å². The van der Waals surface area contributed by atoms with Crippen molar-refractivity contribution in [2.75, 3.05) is 18.0 Å². The van der Waals surface area contributed by atoms with Gasteiger partial charge in [-0.1, -0.05) is 36.8 Å². The molecule has 0 radical (unpaired) electrons. The SMILES string of the molecule is O=C(O)C1CN(N(C2CC2)[C@H]2c3cc(F)ccc3N(C(=O)OCc3ccccc3)[C@H]3CCC[C@H]32)C1. The Balaban J connectivity index is 1.33. The van der Waals surface area contributed by atoms with Gasteiger partial charge < -0.3 is 9.84 Å². The highest BCUT2D eigenvalue weighted by Gasteiger charge is 2.53. The molecule has 2 heterocycles. The molecule has 7 nitrogen and oxygen atoms in total. The summed E-state index contributed by atoms with van der Waals surface area (Å²) in [5.41, 5.74) is 2.43. The Bertz CT molecular complexity index is 1120. The van der Waals surface area contributed by atoms with E-state index in [1.807, 2.05) is 30.3 Å². The van der Waals surface area contributed by atoms with Gasteiger partial charge in [0.2, 0.25) is 0 Å². The Morgan fingerprint density at radius 1 is 1.06 bits per heavy atom. The zero-order valence-corrected chi connectivity index (χ0v) is 19.6. The van der Waals surface area contributed by atoms with Gasteiger partial charge in [-0.2, -0.15) is 0 Å². The average molecular weight is 480 g/mol. The van der Waals surface area contributed by atoms with Crippen molar-refractivity contribution >= 4 is 17.7 Å². The maximum Gasteiger partial charge on any atom is 0.414 e. The van der Waals surface area contributed by atoms with Crippen molar-refractivity contribution in [3.05, 3.63) is 65.5 Å². The van der Waals surface area contributed by atoms with E-state index in [-0.39, 0.29) is 36.3 Å². The topological polar surface area (TPSA) is 73.3 Å². The number of rotatable bonds is 6. The number of carboxylic acids is 1. The molecule has 1 N–H and O–H groups in total. The average Bonchev–Trinajstić information content (AvgIpc) is 3.55. The van der Waals surface area contributed by atoms with E-state index in [1.54, 1.807) is 17.0 Å². The van der Waals surface area contributed by atoms with Crippen LogP contribution in [-0.2, 0) is 16.1 Å². The van der Waals surface area contributed by atoms with Crippen molar-refractivity contribution in [3.8, 4) is 0 Å². The number of ether oxygens (including phenoxy) is 1. The molecule has 3 atom stereocenters. The number of carbonyl (C=O) groups excluding carboxylic acids is 1. The second-order valence-electron chi connectivity index (χ2n) is 10.2. The Morgan fingerprint density at radius 2 is 1.83 bits per heavy atom. The molecule has 2 saturated carbocycles. The molecule has 3 fully saturated rings. The molecule has 2 aliphatic heterocycles. The van der Waals surface area contributed by atoms with E-state index in [9.17, 15) is 19.1 Å². The minimum absolute atomic E-state index is 0.0287. The van der Waals surface area contributed by atoms with Crippen molar-refractivity contribution < 1.29 is 23.8 Å². The molecule has 2 aliphatic carbocycles. The van der Waals surface area contributed by atoms with Crippen LogP contribution in [0.5, 0.6) is 0 Å². The Hall–Kier alpha value is -2.97. The predicted molar refractivity (Wildman–Crippen MR) is 127 cm³/mol. The van der Waals surface area contributed by atoms with E-state index in [0.29, 0.717) is 24.8 Å². The smallest absolute Gasteiger partial charge is 0.414 e. The van der Waals surface area contributed by atoms with Crippen molar-refractivity contribution in [2.45, 2.75) is 56.8 Å². The molecular weight excluding hydrogens is 449 g/mol. The van der Waals surface area contributed by atoms with Gasteiger partial charge in [-0.3, -0.25) is 9.69 Å². The number of carboxylic acid groups (broad SMARTS) is 1. The van der Waals surface area contributed by atoms with E-state index in [4.69, 9.17) is 4.74 Å². The summed E-state index contributed by atoms with van der Waals surface area (Å²) in [6, 6.07) is 14.5. The molecule has 1 saturated heterocycles. The van der Waals surface area contributed by atoms with Crippen LogP contribution in [0.2, 0.25) is 0 Å². The third-order valence-electron chi connectivity index (χ3n) is 7.98. The first-order chi connectivity index (χ1) is 17.0. The predicted octanol–water partition coefficient (Wildman–Crippen LogP) is 4.59. The summed E-state index contributed by atoms with van der Waals surface area (Å²) in [7, 11) is 0. The number of benzene rings is 2. The highest BCUT2D eigenvalue weighted by molar-refractivity contribution is 5.90. The molecular formula is C27H30FN3O4. The Labute approximate surface area is 204 Å². The first kappa shape index (κ1) is 22.5. The lowest BCUT2D eigenvalue weighted by Gasteiger charge is -2.53. The Morgan fingerprint density at radius 3 is 2.54 bits per heavy atom. The van der Waals surface area contributed by atoms with Gasteiger partial charge in [-0.25, -0.2) is 19.2 Å². The quantitative estimate of drug-likeness (QED) is 0.654. The molecule has 1 amide bonds. The minimum Gasteiger partial charge on any atom is -0.481 e. The lowest BCUT2D eigenvalue weighted by molar-refractivity contribution is -0.176. The zero-order chi connectivity index (χ0) is 24.1. The van der Waals surface area contributed by atoms with Gasteiger partial charge in [0.05, 0.1) is 17.6 Å². The number of hydrazine groups is 1. The fourth-order valence-electron chi connectivity index (χ4n) is 6.18. The minimum atomic E-state index is -0.766. The number of hydrogen-bond donors (Lipinski definition) is 1. The highest BCUT2D eigenvalue weighted by Crippen LogP contribution is 2.53. The van der Waals surface area contributed by atoms with Gasteiger partial charge in [-0.15, -0.1) is 0 Å². The third kappa shape index (κ3) is 4.08. The standard InChI is InChI=1S/C27H30FN3O4/c28-19-9-12-24-22(13-19)25(31(20-10-11-20)29-14-18(15-29)26(32)33)21-7-4-8-23(21)30(24)27(34)35-16-17-5-2-1-3-6-17/h1-3,5-6,9,12-13,18,20-21,23,25H,4,7-8,10-11,14-16H2,(H,32,33)/t21-,23+,25-/m1/s1. The summed E-state index contributed by atoms with van der Waals surface area (Å²) in [6.45, 7) is 1.15. The van der Waals surface area contributed by atoms with Crippen LogP contribution in [0, 0.1) is 17.7 Å². The largest absolute Gasteiger partial charge is 0.481 e. The maximum atomic E-state index is 14.6. The fraction of sp³-hybridized carbons (Fsp3) is 0.481. The third-order valence-corrected chi connectivity index (χ3v) is 7.98. The number of fused-ring (bicyclic) bond motifs is 2. The summed E-state index contributed by atoms with van der Waals surface area (Å²) in [5, 5.41) is 13.9.